The summed E-state index contributed by atoms with van der Waals surface area (Å²) in [6, 6.07) is 2.31. The number of likely N-dealkylation sites (tertiary alicyclic amines) is 1. The Bertz CT molecular complexity index is 1110. The average Bonchev–Trinajstić information content (AvgIpc) is 2.91. The van der Waals surface area contributed by atoms with Gasteiger partial charge in [0.25, 0.3) is 0 Å². The van der Waals surface area contributed by atoms with Crippen LogP contribution in [0, 0.1) is 0 Å². The van der Waals surface area contributed by atoms with Gasteiger partial charge in [0.15, 0.2) is 5.82 Å². The van der Waals surface area contributed by atoms with E-state index in [2.05, 4.69) is 55.1 Å². The first kappa shape index (κ1) is 31.5. The Kier molecular flexibility index (Phi) is 11.8. The summed E-state index contributed by atoms with van der Waals surface area (Å²) in [5.74, 6) is 4.92. The Balaban J connectivity index is 1.63. The molecule has 0 spiro atoms. The molecule has 0 saturated carbocycles. The van der Waals surface area contributed by atoms with Gasteiger partial charge in [-0.3, -0.25) is 14.7 Å². The fraction of sp³-hybridized carbons (Fsp3) is 0.643. The van der Waals surface area contributed by atoms with E-state index in [9.17, 15) is 8.74 Å². The van der Waals surface area contributed by atoms with Gasteiger partial charge in [0.2, 0.25) is 5.75 Å². The number of alkyl halides is 1. The van der Waals surface area contributed by atoms with Crippen LogP contribution in [0.25, 0.3) is 0 Å². The molecule has 3 unspecified atom stereocenters. The van der Waals surface area contributed by atoms with Crippen molar-refractivity contribution in [2.75, 3.05) is 62.3 Å². The number of nitrogens with one attached hydrogen (secondary N) is 1. The van der Waals surface area contributed by atoms with Gasteiger partial charge in [-0.05, 0) is 57.6 Å². The van der Waals surface area contributed by atoms with Crippen molar-refractivity contribution in [2.24, 2.45) is 0 Å². The second-order valence-corrected chi connectivity index (χ2v) is 13.4. The lowest BCUT2D eigenvalue weighted by molar-refractivity contribution is -0.00629. The molecule has 0 radical (unpaired) electrons. The number of aromatic nitrogens is 1. The van der Waals surface area contributed by atoms with E-state index in [-0.39, 0.29) is 11.1 Å². The molecule has 1 aromatic heterocycles. The monoisotopic (exact) mass is 585 g/mol. The summed E-state index contributed by atoms with van der Waals surface area (Å²) in [5.41, 5.74) is 1.53. The summed E-state index contributed by atoms with van der Waals surface area (Å²) in [7, 11) is -0.798. The van der Waals surface area contributed by atoms with Crippen molar-refractivity contribution in [3.8, 4) is 5.75 Å². The minimum Gasteiger partial charge on any atom is -0.497 e. The SMILES string of the molecule is C=S(C)(=O)Nc1cnc(N2CCN(C3CCN(C/C(=C(/C=C\CC)OC)C(C)Cl)CC3)C(CC)C2)c(OF)c1. The van der Waals surface area contributed by atoms with E-state index in [4.69, 9.17) is 16.3 Å². The van der Waals surface area contributed by atoms with E-state index >= 15 is 0 Å². The highest BCUT2D eigenvalue weighted by Crippen LogP contribution is 2.33. The fourth-order valence-electron chi connectivity index (χ4n) is 5.52. The molecular formula is C28H45ClFN5O3S. The van der Waals surface area contributed by atoms with E-state index in [0.717, 1.165) is 76.3 Å². The molecule has 39 heavy (non-hydrogen) atoms. The summed E-state index contributed by atoms with van der Waals surface area (Å²) in [5, 5.41) is -0.0990. The molecule has 3 atom stereocenters. The maximum atomic E-state index is 13.5. The lowest BCUT2D eigenvalue weighted by Crippen LogP contribution is -2.58. The summed E-state index contributed by atoms with van der Waals surface area (Å²) >= 11 is 6.56. The van der Waals surface area contributed by atoms with Crippen LogP contribution in [0.1, 0.15) is 46.5 Å². The van der Waals surface area contributed by atoms with Crippen LogP contribution < -0.4 is 14.6 Å². The number of anilines is 2. The number of rotatable bonds is 12. The molecule has 0 aliphatic carbocycles. The van der Waals surface area contributed by atoms with Crippen LogP contribution in [0.5, 0.6) is 5.75 Å². The maximum Gasteiger partial charge on any atom is 0.216 e. The predicted octanol–water partition coefficient (Wildman–Crippen LogP) is 4.88. The molecule has 0 bridgehead atoms. The summed E-state index contributed by atoms with van der Waals surface area (Å²) in [6.07, 6.45) is 11.3. The Labute approximate surface area is 239 Å². The van der Waals surface area contributed by atoms with Gasteiger partial charge in [-0.15, -0.1) is 11.6 Å². The molecule has 3 heterocycles. The van der Waals surface area contributed by atoms with Gasteiger partial charge in [0, 0.05) is 70.4 Å². The van der Waals surface area contributed by atoms with Crippen LogP contribution in [0.2, 0.25) is 0 Å². The summed E-state index contributed by atoms with van der Waals surface area (Å²) < 4.78 is 33.9. The first-order valence-corrected chi connectivity index (χ1v) is 16.4. The Hall–Kier alpha value is -2.01. The van der Waals surface area contributed by atoms with E-state index < -0.39 is 9.71 Å². The number of nitrogens with zero attached hydrogens (tertiary/aromatic N) is 4. The molecule has 2 fully saturated rings. The highest BCUT2D eigenvalue weighted by molar-refractivity contribution is 8.00. The van der Waals surface area contributed by atoms with Gasteiger partial charge in [-0.25, -0.2) is 9.19 Å². The highest BCUT2D eigenvalue weighted by atomic mass is 35.5. The first-order chi connectivity index (χ1) is 18.6. The van der Waals surface area contributed by atoms with Crippen molar-refractivity contribution in [1.82, 2.24) is 14.8 Å². The molecule has 2 aliphatic rings. The van der Waals surface area contributed by atoms with Crippen molar-refractivity contribution in [3.05, 3.63) is 35.7 Å². The Morgan fingerprint density at radius 1 is 1.33 bits per heavy atom. The number of halogens is 2. The highest BCUT2D eigenvalue weighted by Gasteiger charge is 2.34. The third-order valence-corrected chi connectivity index (χ3v) is 8.42. The molecule has 8 nitrogen and oxygen atoms in total. The van der Waals surface area contributed by atoms with Gasteiger partial charge in [0.1, 0.15) is 5.76 Å². The van der Waals surface area contributed by atoms with Crippen molar-refractivity contribution >= 4 is 38.7 Å². The van der Waals surface area contributed by atoms with Gasteiger partial charge in [0.05, 0.1) is 24.4 Å². The van der Waals surface area contributed by atoms with Crippen LogP contribution in [0.4, 0.5) is 16.0 Å². The number of pyridine rings is 1. The normalized spacial score (nSPS) is 22.8. The standard InChI is InChI=1S/C28H45ClFN5O3S/c1-7-9-10-26(37-4)25(21(3)29)20-33-13-11-24(12-14-33)35-16-15-34(19-23(35)8-2)28-27(38-30)17-22(18-31-28)32-39(5,6)36/h9-10,17-18,21,23-24H,5,7-8,11-16,19-20H2,1-4,6H3,(H,32,36)/b10-9-,26-25+. The number of methoxy groups -OCH3 is 1. The molecule has 2 saturated heterocycles. The maximum absolute atomic E-state index is 13.5. The number of hydrogen-bond donors (Lipinski definition) is 1. The molecular weight excluding hydrogens is 541 g/mol. The average molecular weight is 586 g/mol. The number of ether oxygens (including phenoxy) is 1. The second-order valence-electron chi connectivity index (χ2n) is 10.5. The van der Waals surface area contributed by atoms with E-state index in [0.29, 0.717) is 23.6 Å². The van der Waals surface area contributed by atoms with Crippen LogP contribution in [0.3, 0.4) is 0 Å². The van der Waals surface area contributed by atoms with Crippen molar-refractivity contribution in [3.63, 3.8) is 0 Å². The first-order valence-electron chi connectivity index (χ1n) is 13.8. The van der Waals surface area contributed by atoms with Crippen LogP contribution in [-0.2, 0) is 14.4 Å². The van der Waals surface area contributed by atoms with Gasteiger partial charge in [-0.2, -0.15) is 0 Å². The third kappa shape index (κ3) is 8.74. The second kappa shape index (κ2) is 14.6. The van der Waals surface area contributed by atoms with Crippen molar-refractivity contribution < 1.29 is 18.4 Å². The van der Waals surface area contributed by atoms with Gasteiger partial charge >= 0.3 is 0 Å². The van der Waals surface area contributed by atoms with Crippen LogP contribution in [-0.4, -0.2) is 95.0 Å². The number of allylic oxidation sites excluding steroid dienone is 2. The molecule has 1 N–H and O–H groups in total. The van der Waals surface area contributed by atoms with E-state index in [1.54, 1.807) is 13.3 Å². The zero-order valence-corrected chi connectivity index (χ0v) is 25.6. The minimum absolute atomic E-state index is 0.0156. The van der Waals surface area contributed by atoms with Crippen LogP contribution >= 0.6 is 11.6 Å². The summed E-state index contributed by atoms with van der Waals surface area (Å²) in [4.78, 5) is 15.8. The Morgan fingerprint density at radius 2 is 2.05 bits per heavy atom. The van der Waals surface area contributed by atoms with Gasteiger partial charge in [-0.1, -0.05) is 19.9 Å². The molecule has 2 aliphatic heterocycles. The molecule has 0 aromatic carbocycles. The van der Waals surface area contributed by atoms with Gasteiger partial charge < -0.3 is 14.4 Å². The largest absolute Gasteiger partial charge is 0.497 e. The third-order valence-electron chi connectivity index (χ3n) is 7.49. The van der Waals surface area contributed by atoms with E-state index in [1.807, 2.05) is 13.0 Å². The Morgan fingerprint density at radius 3 is 2.62 bits per heavy atom. The smallest absolute Gasteiger partial charge is 0.216 e. The lowest BCUT2D eigenvalue weighted by atomic mass is 9.97. The van der Waals surface area contributed by atoms with Crippen molar-refractivity contribution in [1.29, 1.82) is 0 Å². The molecule has 0 amide bonds. The molecule has 1 aromatic rings. The topological polar surface area (TPSA) is 70.2 Å². The summed E-state index contributed by atoms with van der Waals surface area (Å²) in [6.45, 7) is 11.5. The molecule has 11 heteroatoms. The van der Waals surface area contributed by atoms with Crippen molar-refractivity contribution in [2.45, 2.75) is 63.9 Å². The minimum atomic E-state index is -2.51. The fourth-order valence-corrected chi connectivity index (χ4v) is 6.31. The molecule has 3 rings (SSSR count). The number of piperazine rings is 1. The lowest BCUT2D eigenvalue weighted by Gasteiger charge is -2.47. The zero-order chi connectivity index (χ0) is 28.6. The molecule has 220 valence electrons. The zero-order valence-electron chi connectivity index (χ0n) is 24.0. The quantitative estimate of drug-likeness (QED) is 0.162. The van der Waals surface area contributed by atoms with Crippen LogP contribution in [0.15, 0.2) is 35.7 Å². The number of hydrogen-bond acceptors (Lipinski definition) is 7. The number of piperidine rings is 1. The van der Waals surface area contributed by atoms with E-state index in [1.165, 1.54) is 12.3 Å². The predicted molar refractivity (Wildman–Crippen MR) is 162 cm³/mol.